The highest BCUT2D eigenvalue weighted by Crippen LogP contribution is 2.41. The number of benzene rings is 2. The Balaban J connectivity index is 2.03. The van der Waals surface area contributed by atoms with E-state index in [-0.39, 0.29) is 32.5 Å². The SMILES string of the molecule is Cc1cc(N(O)Cc2c(C(F)(F)F)cccc2C(F)(F)F)c(C(=N)c2ccc(C(=O)O)cc2)s1. The molecule has 0 spiro atoms. The van der Waals surface area contributed by atoms with Crippen LogP contribution in [0, 0.1) is 12.3 Å². The van der Waals surface area contributed by atoms with Gasteiger partial charge in [-0.3, -0.25) is 15.7 Å². The van der Waals surface area contributed by atoms with E-state index in [1.54, 1.807) is 6.92 Å². The zero-order valence-electron chi connectivity index (χ0n) is 17.3. The standard InChI is InChI=1S/C22H16F6N2O3S/c1-11-9-17(19(34-11)18(29)12-5-7-13(8-6-12)20(31)32)30(33)10-14-15(21(23,24)25)3-2-4-16(14)22(26,27)28/h2-9,29,33H,10H2,1H3,(H,31,32). The predicted octanol–water partition coefficient (Wildman–Crippen LogP) is 6.60. The van der Waals surface area contributed by atoms with Gasteiger partial charge in [0, 0.05) is 10.4 Å². The van der Waals surface area contributed by atoms with Gasteiger partial charge in [-0.15, -0.1) is 11.3 Å². The van der Waals surface area contributed by atoms with Crippen molar-refractivity contribution >= 4 is 28.7 Å². The first-order chi connectivity index (χ1) is 15.7. The van der Waals surface area contributed by atoms with Crippen molar-refractivity contribution in [3.63, 3.8) is 0 Å². The van der Waals surface area contributed by atoms with Crippen molar-refractivity contribution in [2.45, 2.75) is 25.8 Å². The van der Waals surface area contributed by atoms with Crippen molar-refractivity contribution in [3.8, 4) is 0 Å². The van der Waals surface area contributed by atoms with E-state index in [9.17, 15) is 36.3 Å². The first-order valence-electron chi connectivity index (χ1n) is 9.46. The number of rotatable bonds is 6. The van der Waals surface area contributed by atoms with Gasteiger partial charge in [0.15, 0.2) is 0 Å². The second-order valence-electron chi connectivity index (χ2n) is 7.21. The molecule has 0 aliphatic carbocycles. The number of carboxylic acids is 1. The van der Waals surface area contributed by atoms with Crippen molar-refractivity contribution in [2.24, 2.45) is 0 Å². The van der Waals surface area contributed by atoms with Crippen LogP contribution in [0.2, 0.25) is 0 Å². The van der Waals surface area contributed by atoms with Gasteiger partial charge in [0.1, 0.15) is 0 Å². The number of nitrogens with one attached hydrogen (secondary N) is 1. The van der Waals surface area contributed by atoms with Gasteiger partial charge in [-0.1, -0.05) is 18.2 Å². The Morgan fingerprint density at radius 1 is 0.971 bits per heavy atom. The van der Waals surface area contributed by atoms with E-state index < -0.39 is 41.6 Å². The normalized spacial score (nSPS) is 12.0. The first-order valence-corrected chi connectivity index (χ1v) is 10.3. The van der Waals surface area contributed by atoms with Gasteiger partial charge in [0.25, 0.3) is 0 Å². The summed E-state index contributed by atoms with van der Waals surface area (Å²) in [6, 6.07) is 8.17. The van der Waals surface area contributed by atoms with Crippen LogP contribution in [0.4, 0.5) is 32.0 Å². The van der Waals surface area contributed by atoms with Crippen molar-refractivity contribution in [1.82, 2.24) is 0 Å². The van der Waals surface area contributed by atoms with Gasteiger partial charge in [0.05, 0.1) is 39.5 Å². The monoisotopic (exact) mass is 502 g/mol. The summed E-state index contributed by atoms with van der Waals surface area (Å²) in [5.74, 6) is -1.18. The Morgan fingerprint density at radius 3 is 1.94 bits per heavy atom. The fourth-order valence-electron chi connectivity index (χ4n) is 3.31. The van der Waals surface area contributed by atoms with Crippen LogP contribution < -0.4 is 5.06 Å². The summed E-state index contributed by atoms with van der Waals surface area (Å²) in [4.78, 5) is 11.6. The number of hydrogen-bond acceptors (Lipinski definition) is 5. The summed E-state index contributed by atoms with van der Waals surface area (Å²) in [6.07, 6.45) is -10.2. The lowest BCUT2D eigenvalue weighted by Crippen LogP contribution is -2.25. The van der Waals surface area contributed by atoms with Gasteiger partial charge >= 0.3 is 18.3 Å². The lowest BCUT2D eigenvalue weighted by molar-refractivity contribution is -0.144. The topological polar surface area (TPSA) is 84.6 Å². The molecule has 3 rings (SSSR count). The van der Waals surface area contributed by atoms with Crippen LogP contribution in [0.1, 0.15) is 42.4 Å². The third-order valence-electron chi connectivity index (χ3n) is 4.86. The van der Waals surface area contributed by atoms with Gasteiger partial charge in [-0.25, -0.2) is 4.79 Å². The van der Waals surface area contributed by atoms with Crippen molar-refractivity contribution < 1.29 is 41.5 Å². The highest BCUT2D eigenvalue weighted by molar-refractivity contribution is 7.14. The van der Waals surface area contributed by atoms with Gasteiger partial charge < -0.3 is 5.11 Å². The average molecular weight is 502 g/mol. The van der Waals surface area contributed by atoms with E-state index in [1.165, 1.54) is 30.3 Å². The summed E-state index contributed by atoms with van der Waals surface area (Å²) in [6.45, 7) is 0.454. The number of carboxylic acid groups (broad SMARTS) is 1. The summed E-state index contributed by atoms with van der Waals surface area (Å²) < 4.78 is 80.7. The summed E-state index contributed by atoms with van der Waals surface area (Å²) in [5.41, 5.74) is -4.36. The number of carbonyl (C=O) groups is 1. The molecule has 0 radical (unpaired) electrons. The molecule has 1 aromatic heterocycles. The van der Waals surface area contributed by atoms with Crippen LogP contribution in [0.15, 0.2) is 48.5 Å². The molecule has 180 valence electrons. The first kappa shape index (κ1) is 25.2. The maximum Gasteiger partial charge on any atom is 0.416 e. The van der Waals surface area contributed by atoms with Gasteiger partial charge in [-0.2, -0.15) is 26.3 Å². The number of anilines is 1. The Labute approximate surface area is 193 Å². The van der Waals surface area contributed by atoms with E-state index in [0.717, 1.165) is 11.3 Å². The van der Waals surface area contributed by atoms with E-state index in [4.69, 9.17) is 10.5 Å². The average Bonchev–Trinajstić information content (AvgIpc) is 3.13. The van der Waals surface area contributed by atoms with Crippen LogP contribution in [-0.2, 0) is 18.9 Å². The molecular formula is C22H16F6N2O3S. The van der Waals surface area contributed by atoms with Crippen LogP contribution in [-0.4, -0.2) is 22.0 Å². The molecule has 0 fully saturated rings. The van der Waals surface area contributed by atoms with Crippen LogP contribution in [0.5, 0.6) is 0 Å². The number of aromatic carboxylic acids is 1. The zero-order valence-corrected chi connectivity index (χ0v) is 18.1. The quantitative estimate of drug-likeness (QED) is 0.201. The molecule has 3 aromatic rings. The van der Waals surface area contributed by atoms with Crippen molar-refractivity contribution in [1.29, 1.82) is 5.41 Å². The minimum Gasteiger partial charge on any atom is -0.478 e. The number of aryl methyl sites for hydroxylation is 1. The third-order valence-corrected chi connectivity index (χ3v) is 5.91. The minimum absolute atomic E-state index is 0.0358. The Morgan fingerprint density at radius 2 is 1.47 bits per heavy atom. The summed E-state index contributed by atoms with van der Waals surface area (Å²) in [5, 5.41) is 28.3. The Kier molecular flexibility index (Phi) is 6.76. The van der Waals surface area contributed by atoms with Crippen molar-refractivity contribution in [2.75, 3.05) is 5.06 Å². The zero-order chi connectivity index (χ0) is 25.4. The molecule has 34 heavy (non-hydrogen) atoms. The molecule has 0 aliphatic rings. The van der Waals surface area contributed by atoms with Crippen LogP contribution in [0.25, 0.3) is 0 Å². The summed E-state index contributed by atoms with van der Waals surface area (Å²) >= 11 is 0.999. The minimum atomic E-state index is -5.09. The largest absolute Gasteiger partial charge is 0.478 e. The number of halogens is 6. The van der Waals surface area contributed by atoms with Crippen LogP contribution >= 0.6 is 11.3 Å². The smallest absolute Gasteiger partial charge is 0.416 e. The number of alkyl halides is 6. The third kappa shape index (κ3) is 5.23. The Bertz CT molecular complexity index is 1200. The number of hydrogen-bond donors (Lipinski definition) is 3. The molecule has 0 unspecified atom stereocenters. The molecule has 0 bridgehead atoms. The lowest BCUT2D eigenvalue weighted by Gasteiger charge is -2.23. The fourth-order valence-corrected chi connectivity index (χ4v) is 4.29. The van der Waals surface area contributed by atoms with E-state index in [1.807, 2.05) is 0 Å². The number of hydroxylamine groups is 1. The maximum absolute atomic E-state index is 13.5. The molecule has 1 heterocycles. The van der Waals surface area contributed by atoms with E-state index in [0.29, 0.717) is 23.1 Å². The molecule has 0 atom stereocenters. The van der Waals surface area contributed by atoms with Gasteiger partial charge in [-0.05, 0) is 42.8 Å². The summed E-state index contributed by atoms with van der Waals surface area (Å²) in [7, 11) is 0. The molecule has 3 N–H and O–H groups in total. The van der Waals surface area contributed by atoms with Crippen LogP contribution in [0.3, 0.4) is 0 Å². The second-order valence-corrected chi connectivity index (χ2v) is 8.47. The highest BCUT2D eigenvalue weighted by atomic mass is 32.1. The molecule has 0 saturated heterocycles. The number of thiophene rings is 1. The molecule has 0 aliphatic heterocycles. The second kappa shape index (κ2) is 9.11. The molecule has 0 saturated carbocycles. The van der Waals surface area contributed by atoms with E-state index >= 15 is 0 Å². The Hall–Kier alpha value is -3.38. The fraction of sp³-hybridized carbons (Fsp3) is 0.182. The lowest BCUT2D eigenvalue weighted by atomic mass is 9.99. The van der Waals surface area contributed by atoms with Crippen molar-refractivity contribution in [3.05, 3.63) is 86.1 Å². The number of nitrogens with zero attached hydrogens (tertiary/aromatic N) is 1. The molecular weight excluding hydrogens is 486 g/mol. The predicted molar refractivity (Wildman–Crippen MR) is 113 cm³/mol. The molecule has 0 amide bonds. The molecule has 2 aromatic carbocycles. The van der Waals surface area contributed by atoms with Gasteiger partial charge in [0.2, 0.25) is 0 Å². The highest BCUT2D eigenvalue weighted by Gasteiger charge is 2.41. The maximum atomic E-state index is 13.5. The molecule has 5 nitrogen and oxygen atoms in total. The van der Waals surface area contributed by atoms with E-state index in [2.05, 4.69) is 0 Å². The molecule has 12 heteroatoms.